The normalized spacial score (nSPS) is 18.2. The molecule has 8 nitrogen and oxygen atoms in total. The Hall–Kier alpha value is -2.36. The smallest absolute Gasteiger partial charge is 0.410 e. The van der Waals surface area contributed by atoms with E-state index in [1.165, 1.54) is 0 Å². The van der Waals surface area contributed by atoms with Gasteiger partial charge in [0.25, 0.3) is 5.91 Å². The van der Waals surface area contributed by atoms with E-state index in [4.69, 9.17) is 13.9 Å². The molecule has 1 aliphatic rings. The number of ether oxygens (including phenoxy) is 2. The first kappa shape index (κ1) is 34.1. The van der Waals surface area contributed by atoms with Crippen LogP contribution in [0.1, 0.15) is 86.0 Å². The zero-order valence-electron chi connectivity index (χ0n) is 27.7. The quantitative estimate of drug-likeness (QED) is 0.214. The zero-order valence-corrected chi connectivity index (χ0v) is 28.7. The molecule has 2 atom stereocenters. The lowest BCUT2D eigenvalue weighted by molar-refractivity contribution is 0.0139. The molecule has 0 N–H and O–H groups in total. The van der Waals surface area contributed by atoms with Gasteiger partial charge >= 0.3 is 6.09 Å². The highest BCUT2D eigenvalue weighted by Crippen LogP contribution is 2.38. The van der Waals surface area contributed by atoms with E-state index < -0.39 is 11.2 Å². The second-order valence-corrected chi connectivity index (χ2v) is 16.4. The van der Waals surface area contributed by atoms with E-state index in [9.17, 15) is 9.59 Å². The van der Waals surface area contributed by atoms with Gasteiger partial charge in [-0.1, -0.05) is 26.8 Å². The van der Waals surface area contributed by atoms with Crippen LogP contribution in [0.5, 0.6) is 0 Å². The molecule has 9 heteroatoms. The van der Waals surface area contributed by atoms with Gasteiger partial charge in [-0.25, -0.2) is 4.79 Å². The lowest BCUT2D eigenvalue weighted by atomic mass is 9.82. The molecule has 0 bridgehead atoms. The van der Waals surface area contributed by atoms with Gasteiger partial charge in [-0.15, -0.1) is 0 Å². The molecule has 1 aliphatic heterocycles. The molecule has 1 fully saturated rings. The van der Waals surface area contributed by atoms with Crippen molar-refractivity contribution in [2.24, 2.45) is 11.8 Å². The number of hydrogen-bond acceptors (Lipinski definition) is 5. The Balaban J connectivity index is 1.88. The number of fused-ring (bicyclic) bond motifs is 1. The van der Waals surface area contributed by atoms with Crippen LogP contribution >= 0.6 is 0 Å². The van der Waals surface area contributed by atoms with Gasteiger partial charge in [0, 0.05) is 75.1 Å². The zero-order chi connectivity index (χ0) is 31.5. The minimum Gasteiger partial charge on any atom is -0.444 e. The molecule has 3 rings (SSSR count). The molecule has 234 valence electrons. The van der Waals surface area contributed by atoms with Crippen LogP contribution in [0.2, 0.25) is 5.04 Å². The largest absolute Gasteiger partial charge is 0.444 e. The fourth-order valence-corrected chi connectivity index (χ4v) is 6.24. The summed E-state index contributed by atoms with van der Waals surface area (Å²) in [6, 6.07) is 8.04. The van der Waals surface area contributed by atoms with Crippen molar-refractivity contribution < 1.29 is 23.5 Å². The Kier molecular flexibility index (Phi) is 11.0. The van der Waals surface area contributed by atoms with Gasteiger partial charge < -0.3 is 28.3 Å². The van der Waals surface area contributed by atoms with Crippen LogP contribution in [-0.4, -0.2) is 86.7 Å². The predicted octanol–water partition coefficient (Wildman–Crippen LogP) is 6.64. The first-order valence-corrected chi connectivity index (χ1v) is 16.1. The highest BCUT2D eigenvalue weighted by Gasteiger charge is 2.46. The maximum atomic E-state index is 14.1. The van der Waals surface area contributed by atoms with Crippen molar-refractivity contribution in [3.8, 4) is 0 Å². The van der Waals surface area contributed by atoms with E-state index in [-0.39, 0.29) is 34.9 Å². The molecule has 2 heterocycles. The van der Waals surface area contributed by atoms with Crippen LogP contribution in [0.4, 0.5) is 4.79 Å². The third kappa shape index (κ3) is 9.07. The number of aryl methyl sites for hydroxylation is 1. The molecule has 0 saturated carbocycles. The Morgan fingerprint density at radius 2 is 1.74 bits per heavy atom. The van der Waals surface area contributed by atoms with Crippen molar-refractivity contribution in [2.75, 3.05) is 33.4 Å². The molecule has 0 aliphatic carbocycles. The van der Waals surface area contributed by atoms with Crippen LogP contribution in [0.15, 0.2) is 30.5 Å². The van der Waals surface area contributed by atoms with Crippen molar-refractivity contribution in [2.45, 2.75) is 104 Å². The summed E-state index contributed by atoms with van der Waals surface area (Å²) < 4.78 is 19.7. The highest BCUT2D eigenvalue weighted by molar-refractivity contribution is 6.31. The van der Waals surface area contributed by atoms with Crippen LogP contribution < -0.4 is 0 Å². The number of nitrogens with zero attached hydrogens (tertiary/aromatic N) is 3. The van der Waals surface area contributed by atoms with Crippen molar-refractivity contribution in [3.05, 3.63) is 36.0 Å². The number of carbonyl (C=O) groups excluding carboxylic acids is 2. The van der Waals surface area contributed by atoms with E-state index in [0.29, 0.717) is 41.6 Å². The van der Waals surface area contributed by atoms with Crippen molar-refractivity contribution in [1.29, 1.82) is 0 Å². The number of rotatable bonds is 11. The first-order chi connectivity index (χ1) is 19.4. The summed E-state index contributed by atoms with van der Waals surface area (Å²) >= 11 is 0. The molecule has 2 amide bonds. The molecule has 0 unspecified atom stereocenters. The summed E-state index contributed by atoms with van der Waals surface area (Å²) in [4.78, 5) is 31.0. The summed E-state index contributed by atoms with van der Waals surface area (Å²) in [6.45, 7) is 23.6. The van der Waals surface area contributed by atoms with Crippen molar-refractivity contribution in [1.82, 2.24) is 14.4 Å². The topological polar surface area (TPSA) is 73.2 Å². The minimum absolute atomic E-state index is 0.00120. The lowest BCUT2D eigenvalue weighted by Gasteiger charge is -2.39. The van der Waals surface area contributed by atoms with E-state index in [1.54, 1.807) is 12.0 Å². The maximum absolute atomic E-state index is 14.1. The molecule has 1 saturated heterocycles. The van der Waals surface area contributed by atoms with E-state index >= 15 is 0 Å². The second-order valence-electron chi connectivity index (χ2n) is 14.5. The Labute approximate surface area is 256 Å². The fraction of sp³-hybridized carbons (Fsp3) is 0.697. The number of likely N-dealkylation sites (tertiary alicyclic amines) is 1. The molecular weight excluding hydrogens is 546 g/mol. The summed E-state index contributed by atoms with van der Waals surface area (Å²) in [6.07, 6.45) is 2.66. The predicted molar refractivity (Wildman–Crippen MR) is 170 cm³/mol. The first-order valence-electron chi connectivity index (χ1n) is 15.2. The average molecular weight is 600 g/mol. The van der Waals surface area contributed by atoms with Crippen molar-refractivity contribution >= 4 is 32.7 Å². The second kappa shape index (κ2) is 13.5. The average Bonchev–Trinajstić information content (AvgIpc) is 3.49. The van der Waals surface area contributed by atoms with Crippen LogP contribution in [-0.2, 0) is 20.4 Å². The highest BCUT2D eigenvalue weighted by atomic mass is 28.2. The standard InChI is InChI=1S/C33H53N3O5Si/c1-23(2)36(29(37)25-14-13-24-15-17-34(28(24)19-25)16-12-18-39-11)21-26-20-35(30(38)40-31(3,4)5)22-27(26)33(9,10)41-42-32(6,7)8/h13-15,17,19,23,26-27H,12,16,18,20-22H2,1-11H3/t26-,27+/m0/s1. The summed E-state index contributed by atoms with van der Waals surface area (Å²) in [5, 5.41) is 1.15. The van der Waals surface area contributed by atoms with Gasteiger partial charge in [-0.2, -0.15) is 0 Å². The fourth-order valence-electron chi connectivity index (χ4n) is 5.52. The van der Waals surface area contributed by atoms with Crippen molar-refractivity contribution in [3.63, 3.8) is 0 Å². The molecule has 1 aromatic carbocycles. The lowest BCUT2D eigenvalue weighted by Crippen LogP contribution is -2.47. The summed E-state index contributed by atoms with van der Waals surface area (Å²) in [7, 11) is 2.03. The van der Waals surface area contributed by atoms with Gasteiger partial charge in [0.05, 0.1) is 5.60 Å². The molecule has 2 radical (unpaired) electrons. The monoisotopic (exact) mass is 599 g/mol. The number of aromatic nitrogens is 1. The van der Waals surface area contributed by atoms with Crippen LogP contribution in [0, 0.1) is 11.8 Å². The summed E-state index contributed by atoms with van der Waals surface area (Å²) in [5.41, 5.74) is 0.657. The minimum atomic E-state index is -0.579. The Morgan fingerprint density at radius 3 is 2.33 bits per heavy atom. The van der Waals surface area contributed by atoms with E-state index in [2.05, 4.69) is 65.3 Å². The Morgan fingerprint density at radius 1 is 1.05 bits per heavy atom. The number of carbonyl (C=O) groups is 2. The number of benzene rings is 1. The van der Waals surface area contributed by atoms with Gasteiger partial charge in [-0.05, 0) is 83.5 Å². The SMILES string of the molecule is COCCCn1ccc2ccc(C(=O)N(C[C@@H]3CN(C(=O)OC(C)(C)C)C[C@H]3C(C)(C)O[Si]C(C)(C)C)C(C)C)cc21. The van der Waals surface area contributed by atoms with Gasteiger partial charge in [-0.3, -0.25) is 4.79 Å². The van der Waals surface area contributed by atoms with Crippen LogP contribution in [0.3, 0.4) is 0 Å². The molecule has 0 spiro atoms. The molecule has 42 heavy (non-hydrogen) atoms. The molecular formula is C33H53N3O5Si. The molecule has 2 aromatic rings. The Bertz CT molecular complexity index is 1210. The number of hydrogen-bond donors (Lipinski definition) is 0. The van der Waals surface area contributed by atoms with E-state index in [1.807, 2.05) is 43.9 Å². The third-order valence-corrected chi connectivity index (χ3v) is 8.93. The third-order valence-electron chi connectivity index (χ3n) is 7.69. The van der Waals surface area contributed by atoms with Gasteiger partial charge in [0.15, 0.2) is 0 Å². The summed E-state index contributed by atoms with van der Waals surface area (Å²) in [5.74, 6) is 0.0704. The number of amides is 2. The van der Waals surface area contributed by atoms with E-state index in [0.717, 1.165) is 23.9 Å². The maximum Gasteiger partial charge on any atom is 0.410 e. The van der Waals surface area contributed by atoms with Crippen LogP contribution in [0.25, 0.3) is 10.9 Å². The van der Waals surface area contributed by atoms with Gasteiger partial charge in [0.2, 0.25) is 9.76 Å². The van der Waals surface area contributed by atoms with Gasteiger partial charge in [0.1, 0.15) is 5.60 Å². The molecule has 1 aromatic heterocycles. The number of methoxy groups -OCH3 is 1.